The van der Waals surface area contributed by atoms with Crippen molar-refractivity contribution in [2.75, 3.05) is 14.2 Å². The summed E-state index contributed by atoms with van der Waals surface area (Å²) >= 11 is 1.43. The molecule has 0 heterocycles. The average molecular weight is 332 g/mol. The zero-order valence-electron chi connectivity index (χ0n) is 12.7. The van der Waals surface area contributed by atoms with Crippen molar-refractivity contribution in [1.82, 2.24) is 0 Å². The van der Waals surface area contributed by atoms with Crippen molar-refractivity contribution in [3.05, 3.63) is 53.6 Å². The van der Waals surface area contributed by atoms with Crippen LogP contribution >= 0.6 is 11.8 Å². The second-order valence-corrected chi connectivity index (χ2v) is 5.78. The maximum Gasteiger partial charge on any atom is 0.337 e. The largest absolute Gasteiger partial charge is 0.497 e. The lowest BCUT2D eigenvalue weighted by molar-refractivity contribution is -0.136. The minimum Gasteiger partial charge on any atom is -0.497 e. The quantitative estimate of drug-likeness (QED) is 0.819. The molecular weight excluding hydrogens is 316 g/mol. The van der Waals surface area contributed by atoms with Crippen LogP contribution in [0.25, 0.3) is 0 Å². The van der Waals surface area contributed by atoms with Gasteiger partial charge in [-0.3, -0.25) is 4.79 Å². The molecule has 0 aliphatic heterocycles. The lowest BCUT2D eigenvalue weighted by Crippen LogP contribution is -2.06. The minimum absolute atomic E-state index is 0.163. The smallest absolute Gasteiger partial charge is 0.337 e. The predicted octanol–water partition coefficient (Wildman–Crippen LogP) is 3.26. The van der Waals surface area contributed by atoms with Gasteiger partial charge < -0.3 is 14.6 Å². The van der Waals surface area contributed by atoms with E-state index in [9.17, 15) is 9.59 Å². The summed E-state index contributed by atoms with van der Waals surface area (Å²) < 4.78 is 9.78. The maximum absolute atomic E-state index is 11.6. The Bertz CT molecular complexity index is 709. The van der Waals surface area contributed by atoms with Crippen LogP contribution in [0.1, 0.15) is 15.9 Å². The summed E-state index contributed by atoms with van der Waals surface area (Å²) in [5, 5.41) is 9.07. The zero-order valence-corrected chi connectivity index (χ0v) is 13.6. The van der Waals surface area contributed by atoms with Crippen LogP contribution in [-0.4, -0.2) is 31.3 Å². The molecule has 0 aliphatic rings. The summed E-state index contributed by atoms with van der Waals surface area (Å²) in [6.07, 6.45) is -0.163. The molecule has 2 rings (SSSR count). The summed E-state index contributed by atoms with van der Waals surface area (Å²) in [6, 6.07) is 12.4. The normalized spacial score (nSPS) is 10.2. The molecule has 0 spiro atoms. The first-order valence-electron chi connectivity index (χ1n) is 6.78. The highest BCUT2D eigenvalue weighted by molar-refractivity contribution is 7.99. The van der Waals surface area contributed by atoms with E-state index in [-0.39, 0.29) is 6.42 Å². The van der Waals surface area contributed by atoms with Gasteiger partial charge in [0.25, 0.3) is 0 Å². The molecule has 0 aliphatic carbocycles. The highest BCUT2D eigenvalue weighted by Crippen LogP contribution is 2.32. The summed E-state index contributed by atoms with van der Waals surface area (Å²) in [4.78, 5) is 24.4. The van der Waals surface area contributed by atoms with E-state index < -0.39 is 11.9 Å². The van der Waals surface area contributed by atoms with Gasteiger partial charge in [-0.2, -0.15) is 0 Å². The van der Waals surface area contributed by atoms with Crippen molar-refractivity contribution in [1.29, 1.82) is 0 Å². The van der Waals surface area contributed by atoms with Crippen molar-refractivity contribution >= 4 is 23.7 Å². The summed E-state index contributed by atoms with van der Waals surface area (Å²) in [7, 11) is 2.89. The predicted molar refractivity (Wildman–Crippen MR) is 86.2 cm³/mol. The molecule has 6 heteroatoms. The summed E-state index contributed by atoms with van der Waals surface area (Å²) in [5.41, 5.74) is 0.907. The minimum atomic E-state index is -0.955. The number of carboxylic acid groups (broad SMARTS) is 1. The van der Waals surface area contributed by atoms with Gasteiger partial charge in [-0.05, 0) is 48.0 Å². The molecule has 0 atom stereocenters. The Labute approximate surface area is 138 Å². The molecule has 0 saturated heterocycles. The molecule has 0 aromatic heterocycles. The average Bonchev–Trinajstić information content (AvgIpc) is 2.56. The molecule has 2 aromatic rings. The van der Waals surface area contributed by atoms with Crippen molar-refractivity contribution in [3.8, 4) is 5.75 Å². The molecule has 0 amide bonds. The molecule has 5 nitrogen and oxygen atoms in total. The number of hydrogen-bond acceptors (Lipinski definition) is 5. The van der Waals surface area contributed by atoms with Crippen molar-refractivity contribution in [2.24, 2.45) is 0 Å². The number of carboxylic acids is 1. The van der Waals surface area contributed by atoms with Gasteiger partial charge >= 0.3 is 11.9 Å². The van der Waals surface area contributed by atoms with E-state index in [1.54, 1.807) is 25.3 Å². The van der Waals surface area contributed by atoms with Gasteiger partial charge in [0.2, 0.25) is 0 Å². The van der Waals surface area contributed by atoms with E-state index in [1.807, 2.05) is 24.3 Å². The fraction of sp³-hybridized carbons (Fsp3) is 0.176. The topological polar surface area (TPSA) is 72.8 Å². The Morgan fingerprint density at radius 2 is 1.78 bits per heavy atom. The van der Waals surface area contributed by atoms with Crippen LogP contribution in [0.4, 0.5) is 0 Å². The fourth-order valence-electron chi connectivity index (χ4n) is 2.00. The fourth-order valence-corrected chi connectivity index (χ4v) is 2.92. The van der Waals surface area contributed by atoms with Gasteiger partial charge in [0.05, 0.1) is 26.2 Å². The first-order chi connectivity index (χ1) is 11.0. The zero-order chi connectivity index (χ0) is 16.8. The molecule has 0 unspecified atom stereocenters. The standard InChI is InChI=1S/C17H16O5S/c1-21-13-4-6-14(7-5-13)23-15-8-3-11(17(20)22-2)9-12(15)10-16(18)19/h3-9H,10H2,1-2H3,(H,18,19). The van der Waals surface area contributed by atoms with Crippen LogP contribution in [0.2, 0.25) is 0 Å². The van der Waals surface area contributed by atoms with Crippen LogP contribution in [0, 0.1) is 0 Å². The first kappa shape index (κ1) is 16.9. The van der Waals surface area contributed by atoms with Crippen LogP contribution in [0.3, 0.4) is 0 Å². The summed E-state index contributed by atoms with van der Waals surface area (Å²) in [5.74, 6) is -0.692. The second kappa shape index (κ2) is 7.69. The number of carbonyl (C=O) groups is 2. The highest BCUT2D eigenvalue weighted by Gasteiger charge is 2.13. The van der Waals surface area contributed by atoms with Crippen molar-refractivity contribution in [3.63, 3.8) is 0 Å². The van der Waals surface area contributed by atoms with Gasteiger partial charge in [-0.15, -0.1) is 0 Å². The number of rotatable bonds is 6. The second-order valence-electron chi connectivity index (χ2n) is 4.66. The number of benzene rings is 2. The van der Waals surface area contributed by atoms with E-state index in [0.717, 1.165) is 15.5 Å². The maximum atomic E-state index is 11.6. The van der Waals surface area contributed by atoms with Crippen LogP contribution in [0.5, 0.6) is 5.75 Å². The lowest BCUT2D eigenvalue weighted by atomic mass is 10.1. The van der Waals surface area contributed by atoms with Crippen LogP contribution < -0.4 is 4.74 Å². The van der Waals surface area contributed by atoms with Gasteiger partial charge in [0.15, 0.2) is 0 Å². The monoisotopic (exact) mass is 332 g/mol. The van der Waals surface area contributed by atoms with E-state index in [4.69, 9.17) is 9.84 Å². The number of methoxy groups -OCH3 is 2. The Balaban J connectivity index is 2.31. The Morgan fingerprint density at radius 3 is 2.35 bits per heavy atom. The number of esters is 1. The number of aliphatic carboxylic acids is 1. The molecule has 1 N–H and O–H groups in total. The van der Waals surface area contributed by atoms with Gasteiger partial charge in [-0.25, -0.2) is 4.79 Å². The molecule has 23 heavy (non-hydrogen) atoms. The molecular formula is C17H16O5S. The van der Waals surface area contributed by atoms with Crippen LogP contribution in [-0.2, 0) is 16.0 Å². The van der Waals surface area contributed by atoms with Gasteiger partial charge in [-0.1, -0.05) is 11.8 Å². The van der Waals surface area contributed by atoms with Crippen molar-refractivity contribution in [2.45, 2.75) is 16.2 Å². The Hall–Kier alpha value is -2.47. The molecule has 0 fully saturated rings. The molecule has 0 radical (unpaired) electrons. The molecule has 2 aromatic carbocycles. The molecule has 0 saturated carbocycles. The number of ether oxygens (including phenoxy) is 2. The number of hydrogen-bond donors (Lipinski definition) is 1. The molecule has 120 valence electrons. The molecule has 0 bridgehead atoms. The third-order valence-electron chi connectivity index (χ3n) is 3.11. The van der Waals surface area contributed by atoms with Crippen molar-refractivity contribution < 1.29 is 24.2 Å². The van der Waals surface area contributed by atoms with E-state index in [2.05, 4.69) is 4.74 Å². The highest BCUT2D eigenvalue weighted by atomic mass is 32.2. The van der Waals surface area contributed by atoms with Gasteiger partial charge in [0, 0.05) is 9.79 Å². The Morgan fingerprint density at radius 1 is 1.09 bits per heavy atom. The first-order valence-corrected chi connectivity index (χ1v) is 7.60. The number of carbonyl (C=O) groups excluding carboxylic acids is 1. The van der Waals surface area contributed by atoms with Gasteiger partial charge in [0.1, 0.15) is 5.75 Å². The Kier molecular flexibility index (Phi) is 5.65. The van der Waals surface area contributed by atoms with E-state index in [0.29, 0.717) is 11.1 Å². The van der Waals surface area contributed by atoms with E-state index >= 15 is 0 Å². The third-order valence-corrected chi connectivity index (χ3v) is 4.24. The van der Waals surface area contributed by atoms with Crippen LogP contribution in [0.15, 0.2) is 52.3 Å². The SMILES string of the molecule is COC(=O)c1ccc(Sc2ccc(OC)cc2)c(CC(=O)O)c1. The summed E-state index contributed by atoms with van der Waals surface area (Å²) in [6.45, 7) is 0. The third kappa shape index (κ3) is 4.50. The lowest BCUT2D eigenvalue weighted by Gasteiger charge is -2.10. The van der Waals surface area contributed by atoms with E-state index in [1.165, 1.54) is 18.9 Å².